The minimum absolute atomic E-state index is 0.0101. The first-order valence-corrected chi connectivity index (χ1v) is 11.0. The predicted molar refractivity (Wildman–Crippen MR) is 116 cm³/mol. The lowest BCUT2D eigenvalue weighted by molar-refractivity contribution is -0.330. The molecule has 0 radical (unpaired) electrons. The minimum atomic E-state index is -4.80. The number of hydrogen-bond donors (Lipinski definition) is 3. The maximum Gasteiger partial charge on any atom is 0.522 e. The molecule has 1 saturated carbocycles. The van der Waals surface area contributed by atoms with E-state index < -0.39 is 37.3 Å². The number of aromatic amines is 1. The first-order chi connectivity index (χ1) is 16.5. The van der Waals surface area contributed by atoms with Crippen molar-refractivity contribution in [3.05, 3.63) is 34.9 Å². The molecule has 4 rings (SSSR count). The molecule has 190 valence electrons. The lowest BCUT2D eigenvalue weighted by Crippen LogP contribution is -2.36. The number of fused-ring (bicyclic) bond motifs is 1. The van der Waals surface area contributed by atoms with E-state index in [-0.39, 0.29) is 34.3 Å². The molecule has 3 aromatic rings. The van der Waals surface area contributed by atoms with Crippen LogP contribution in [0.3, 0.4) is 0 Å². The summed E-state index contributed by atoms with van der Waals surface area (Å²) in [5.74, 6) is -0.167. The number of nitrogens with zero attached hydrogens (tertiary/aromatic N) is 4. The highest BCUT2D eigenvalue weighted by atomic mass is 35.5. The third-order valence-corrected chi connectivity index (χ3v) is 5.45. The molecule has 1 amide bonds. The highest BCUT2D eigenvalue weighted by Gasteiger charge is 2.41. The van der Waals surface area contributed by atoms with Gasteiger partial charge in [0.1, 0.15) is 23.1 Å². The lowest BCUT2D eigenvalue weighted by Gasteiger charge is -2.18. The number of amides is 1. The van der Waals surface area contributed by atoms with Crippen molar-refractivity contribution >= 4 is 35.1 Å². The van der Waals surface area contributed by atoms with Crippen molar-refractivity contribution in [3.63, 3.8) is 0 Å². The molecule has 0 saturated heterocycles. The number of alkyl halides is 4. The van der Waals surface area contributed by atoms with E-state index in [9.17, 15) is 22.4 Å². The molecule has 3 atom stereocenters. The van der Waals surface area contributed by atoms with Gasteiger partial charge in [-0.25, -0.2) is 19.2 Å². The Morgan fingerprint density at radius 1 is 1.31 bits per heavy atom. The molecule has 10 nitrogen and oxygen atoms in total. The highest BCUT2D eigenvalue weighted by molar-refractivity contribution is 6.29. The summed E-state index contributed by atoms with van der Waals surface area (Å²) >= 11 is 6.03. The highest BCUT2D eigenvalue weighted by Crippen LogP contribution is 2.38. The molecular formula is C20H22ClF4N7O3. The van der Waals surface area contributed by atoms with Gasteiger partial charge in [0, 0.05) is 36.0 Å². The first kappa shape index (κ1) is 25.0. The van der Waals surface area contributed by atoms with Crippen molar-refractivity contribution < 1.29 is 31.8 Å². The molecule has 0 aliphatic heterocycles. The number of imidazole rings is 1. The van der Waals surface area contributed by atoms with E-state index in [4.69, 9.17) is 16.3 Å². The Bertz CT molecular complexity index is 1200. The number of alkyl carbamates (subject to hydrolysis) is 1. The zero-order chi connectivity index (χ0) is 25.3. The van der Waals surface area contributed by atoms with E-state index in [2.05, 4.69) is 35.5 Å². The summed E-state index contributed by atoms with van der Waals surface area (Å²) < 4.78 is 62.5. The Morgan fingerprint density at radius 3 is 2.80 bits per heavy atom. The summed E-state index contributed by atoms with van der Waals surface area (Å²) in [6, 6.07) is 2.82. The van der Waals surface area contributed by atoms with Gasteiger partial charge in [0.25, 0.3) is 0 Å². The predicted octanol–water partition coefficient (Wildman–Crippen LogP) is 4.60. The number of rotatable bonds is 7. The van der Waals surface area contributed by atoms with Crippen LogP contribution in [0, 0.1) is 0 Å². The van der Waals surface area contributed by atoms with E-state index in [1.54, 1.807) is 19.9 Å². The molecule has 0 spiro atoms. The van der Waals surface area contributed by atoms with Crippen LogP contribution < -0.4 is 10.6 Å². The third-order valence-electron chi connectivity index (χ3n) is 5.26. The Hall–Kier alpha value is -3.13. The summed E-state index contributed by atoms with van der Waals surface area (Å²) in [6.45, 7) is 2.76. The fourth-order valence-electron chi connectivity index (χ4n) is 3.81. The van der Waals surface area contributed by atoms with Crippen LogP contribution in [0.15, 0.2) is 18.3 Å². The summed E-state index contributed by atoms with van der Waals surface area (Å²) in [5, 5.41) is 12.4. The van der Waals surface area contributed by atoms with Crippen LogP contribution in [0.5, 0.6) is 0 Å². The van der Waals surface area contributed by atoms with Crippen LogP contribution >= 0.6 is 11.6 Å². The van der Waals surface area contributed by atoms with Crippen molar-refractivity contribution in [2.75, 3.05) is 5.32 Å². The zero-order valence-electron chi connectivity index (χ0n) is 18.6. The van der Waals surface area contributed by atoms with Gasteiger partial charge in [-0.1, -0.05) is 11.6 Å². The lowest BCUT2D eigenvalue weighted by atomic mass is 10.0. The molecule has 0 aromatic carbocycles. The van der Waals surface area contributed by atoms with E-state index in [1.807, 2.05) is 0 Å². The summed E-state index contributed by atoms with van der Waals surface area (Å²) in [7, 11) is 0. The number of halogens is 5. The van der Waals surface area contributed by atoms with Crippen LogP contribution in [-0.2, 0) is 16.1 Å². The molecular weight excluding hydrogens is 498 g/mol. The molecule has 1 fully saturated rings. The number of nitrogens with one attached hydrogen (secondary N) is 3. The largest absolute Gasteiger partial charge is 0.522 e. The van der Waals surface area contributed by atoms with Gasteiger partial charge in [-0.05, 0) is 26.7 Å². The average Bonchev–Trinajstić information content (AvgIpc) is 3.45. The smallest absolute Gasteiger partial charge is 0.443 e. The van der Waals surface area contributed by atoms with Gasteiger partial charge in [-0.2, -0.15) is 5.10 Å². The van der Waals surface area contributed by atoms with Crippen LogP contribution in [0.25, 0.3) is 5.65 Å². The third kappa shape index (κ3) is 6.11. The van der Waals surface area contributed by atoms with Crippen molar-refractivity contribution in [2.45, 2.75) is 63.9 Å². The van der Waals surface area contributed by atoms with Gasteiger partial charge < -0.3 is 15.4 Å². The summed E-state index contributed by atoms with van der Waals surface area (Å²) in [5.41, 5.74) is 0.734. The Balaban J connectivity index is 1.46. The summed E-state index contributed by atoms with van der Waals surface area (Å²) in [6.07, 6.45) is -5.66. The topological polar surface area (TPSA) is 118 Å². The van der Waals surface area contributed by atoms with Gasteiger partial charge in [-0.3, -0.25) is 14.2 Å². The molecule has 1 aliphatic rings. The number of ether oxygens (including phenoxy) is 2. The molecule has 35 heavy (non-hydrogen) atoms. The molecule has 15 heteroatoms. The van der Waals surface area contributed by atoms with Crippen molar-refractivity contribution in [2.24, 2.45) is 0 Å². The second-order valence-corrected chi connectivity index (χ2v) is 8.69. The van der Waals surface area contributed by atoms with Gasteiger partial charge in [0.05, 0.1) is 12.3 Å². The Morgan fingerprint density at radius 2 is 2.09 bits per heavy atom. The minimum Gasteiger partial charge on any atom is -0.443 e. The first-order valence-electron chi connectivity index (χ1n) is 10.7. The fraction of sp³-hybridized carbons (Fsp3) is 0.500. The van der Waals surface area contributed by atoms with E-state index >= 15 is 0 Å². The standard InChI is InChI=1S/C20H22ClF4N7O3/c1-9(2)26-19(33)35-13-4-3-11(17(13)22)12-5-15(31-30-12)29-18-28-14(21)6-16-27-10(7-32(16)18)8-34-20(23,24)25/h5-7,9,11,13,17H,3-4,8H2,1-2H3,(H,26,33)(H2,28,29,30,31)/t11-,13-,17+/m0/s1. The maximum absolute atomic E-state index is 15.0. The molecule has 3 heterocycles. The van der Waals surface area contributed by atoms with Gasteiger partial charge in [-0.15, -0.1) is 13.2 Å². The molecule has 3 N–H and O–H groups in total. The second kappa shape index (κ2) is 9.85. The Labute approximate surface area is 201 Å². The summed E-state index contributed by atoms with van der Waals surface area (Å²) in [4.78, 5) is 20.0. The SMILES string of the molecule is CC(C)NC(=O)O[C@H]1CC[C@@H](c2cc(Nc3nc(Cl)cc4nc(COC(F)(F)F)cn34)n[nH]2)[C@H]1F. The number of H-pyrrole nitrogens is 1. The molecule has 3 aromatic heterocycles. The van der Waals surface area contributed by atoms with E-state index in [0.717, 1.165) is 0 Å². The van der Waals surface area contributed by atoms with Crippen LogP contribution in [0.1, 0.15) is 44.0 Å². The number of carbonyl (C=O) groups excluding carboxylic acids is 1. The Kier molecular flexibility index (Phi) is 7.03. The maximum atomic E-state index is 15.0. The van der Waals surface area contributed by atoms with Crippen molar-refractivity contribution in [1.29, 1.82) is 0 Å². The quantitative estimate of drug-likeness (QED) is 0.308. The second-order valence-electron chi connectivity index (χ2n) is 8.30. The van der Waals surface area contributed by atoms with Crippen LogP contribution in [0.2, 0.25) is 5.15 Å². The fourth-order valence-corrected chi connectivity index (χ4v) is 3.99. The number of anilines is 2. The molecule has 1 aliphatic carbocycles. The molecule has 0 unspecified atom stereocenters. The van der Waals surface area contributed by atoms with Gasteiger partial charge >= 0.3 is 12.5 Å². The number of aromatic nitrogens is 5. The monoisotopic (exact) mass is 519 g/mol. The van der Waals surface area contributed by atoms with Gasteiger partial charge in [0.2, 0.25) is 5.95 Å². The van der Waals surface area contributed by atoms with Crippen molar-refractivity contribution in [1.82, 2.24) is 29.9 Å². The number of carbonyl (C=O) groups is 1. The van der Waals surface area contributed by atoms with Crippen molar-refractivity contribution in [3.8, 4) is 0 Å². The van der Waals surface area contributed by atoms with E-state index in [1.165, 1.54) is 16.7 Å². The molecule has 0 bridgehead atoms. The van der Waals surface area contributed by atoms with Gasteiger partial charge in [0.15, 0.2) is 5.82 Å². The number of hydrogen-bond acceptors (Lipinski definition) is 7. The zero-order valence-corrected chi connectivity index (χ0v) is 19.3. The average molecular weight is 520 g/mol. The normalized spacial score (nSPS) is 20.5. The van der Waals surface area contributed by atoms with Crippen LogP contribution in [0.4, 0.5) is 34.1 Å². The van der Waals surface area contributed by atoms with Crippen LogP contribution in [-0.4, -0.2) is 55.3 Å². The van der Waals surface area contributed by atoms with E-state index in [0.29, 0.717) is 18.5 Å².